The molecule has 2 fully saturated rings. The van der Waals surface area contributed by atoms with Gasteiger partial charge in [-0.3, -0.25) is 4.79 Å². The van der Waals surface area contributed by atoms with E-state index in [1.165, 1.54) is 19.3 Å². The number of carbonyl (C=O) groups excluding carboxylic acids is 1. The van der Waals surface area contributed by atoms with Gasteiger partial charge in [-0.15, -0.1) is 0 Å². The number of nitrogens with two attached hydrogens (primary N) is 1. The fraction of sp³-hybridized carbons (Fsp3) is 0.423. The number of anilines is 2. The molecule has 5 rings (SSSR count). The van der Waals surface area contributed by atoms with Crippen LogP contribution in [0, 0.1) is 5.92 Å². The third-order valence-corrected chi connectivity index (χ3v) is 6.81. The molecule has 2 aromatic carbocycles. The van der Waals surface area contributed by atoms with Gasteiger partial charge in [0.2, 0.25) is 11.9 Å². The zero-order valence-corrected chi connectivity index (χ0v) is 21.0. The third kappa shape index (κ3) is 6.06. The summed E-state index contributed by atoms with van der Waals surface area (Å²) in [6, 6.07) is 13.1. The Hall–Kier alpha value is -3.26. The number of aromatic nitrogens is 2. The molecule has 0 atom stereocenters. The summed E-state index contributed by atoms with van der Waals surface area (Å²) >= 11 is 5.54. The quantitative estimate of drug-likeness (QED) is 0.558. The Labute approximate surface area is 211 Å². The summed E-state index contributed by atoms with van der Waals surface area (Å²) in [5.74, 6) is 3.07. The minimum atomic E-state index is 0.278. The Kier molecular flexibility index (Phi) is 8.13. The number of nitrogen functional groups attached to an aromatic ring is 1. The second kappa shape index (κ2) is 11.4. The van der Waals surface area contributed by atoms with E-state index in [4.69, 9.17) is 26.8 Å². The van der Waals surface area contributed by atoms with Crippen molar-refractivity contribution in [3.63, 3.8) is 0 Å². The molecule has 1 aliphatic heterocycles. The first-order chi connectivity index (χ1) is 17.0. The summed E-state index contributed by atoms with van der Waals surface area (Å²) in [4.78, 5) is 25.7. The maximum Gasteiger partial charge on any atom is 0.228 e. The molecular weight excluding hydrogens is 466 g/mol. The number of amides is 1. The average molecular weight is 498 g/mol. The van der Waals surface area contributed by atoms with Gasteiger partial charge in [0.25, 0.3) is 0 Å². The SMILES string of the molecule is COc1cc2nc(N3CCN(C(=O)CC4CCC4)CC3)nc(N)c2cc1OC.Clc1ccccc1. The summed E-state index contributed by atoms with van der Waals surface area (Å²) in [6.45, 7) is 2.79. The van der Waals surface area contributed by atoms with E-state index in [1.807, 2.05) is 41.3 Å². The minimum absolute atomic E-state index is 0.278. The molecule has 1 amide bonds. The van der Waals surface area contributed by atoms with Gasteiger partial charge in [-0.2, -0.15) is 4.98 Å². The number of piperazine rings is 1. The zero-order chi connectivity index (χ0) is 24.8. The second-order valence-electron chi connectivity index (χ2n) is 8.80. The van der Waals surface area contributed by atoms with Crippen LogP contribution in [-0.2, 0) is 4.79 Å². The van der Waals surface area contributed by atoms with E-state index in [1.54, 1.807) is 20.3 Å². The molecule has 2 aliphatic rings. The summed E-state index contributed by atoms with van der Waals surface area (Å²) in [5, 5.41) is 1.53. The lowest BCUT2D eigenvalue weighted by molar-refractivity contribution is -0.133. The zero-order valence-electron chi connectivity index (χ0n) is 20.2. The van der Waals surface area contributed by atoms with Gasteiger partial charge < -0.3 is 25.0 Å². The van der Waals surface area contributed by atoms with E-state index in [0.29, 0.717) is 67.3 Å². The Morgan fingerprint density at radius 1 is 1.03 bits per heavy atom. The number of rotatable bonds is 5. The standard InChI is InChI=1S/C20H27N5O3.C6H5Cl/c1-27-16-11-14-15(12-17(16)28-2)22-20(23-19(14)21)25-8-6-24(7-9-25)18(26)10-13-4-3-5-13;7-6-4-2-1-3-5-6/h11-13H,3-10H2,1-2H3,(H2,21,22,23);1-5H. The van der Waals surface area contributed by atoms with E-state index in [9.17, 15) is 4.79 Å². The molecule has 9 heteroatoms. The van der Waals surface area contributed by atoms with Crippen LogP contribution in [0.1, 0.15) is 25.7 Å². The molecule has 35 heavy (non-hydrogen) atoms. The predicted octanol–water partition coefficient (Wildman–Crippen LogP) is 4.41. The van der Waals surface area contributed by atoms with E-state index in [2.05, 4.69) is 14.9 Å². The molecule has 2 N–H and O–H groups in total. The lowest BCUT2D eigenvalue weighted by atomic mass is 9.82. The van der Waals surface area contributed by atoms with Crippen molar-refractivity contribution in [3.05, 3.63) is 47.5 Å². The normalized spacial score (nSPS) is 15.7. The Balaban J connectivity index is 0.000000356. The molecule has 1 aliphatic carbocycles. The first-order valence-corrected chi connectivity index (χ1v) is 12.3. The van der Waals surface area contributed by atoms with Crippen molar-refractivity contribution in [1.29, 1.82) is 0 Å². The number of nitrogens with zero attached hydrogens (tertiary/aromatic N) is 4. The van der Waals surface area contributed by atoms with Gasteiger partial charge in [-0.1, -0.05) is 36.2 Å². The summed E-state index contributed by atoms with van der Waals surface area (Å²) in [7, 11) is 3.18. The number of ether oxygens (including phenoxy) is 2. The summed E-state index contributed by atoms with van der Waals surface area (Å²) in [6.07, 6.45) is 4.36. The van der Waals surface area contributed by atoms with Crippen LogP contribution in [0.4, 0.5) is 11.8 Å². The molecule has 1 saturated heterocycles. The van der Waals surface area contributed by atoms with E-state index in [0.717, 1.165) is 10.4 Å². The third-order valence-electron chi connectivity index (χ3n) is 6.56. The highest BCUT2D eigenvalue weighted by atomic mass is 35.5. The molecule has 2 heterocycles. The number of halogens is 1. The van der Waals surface area contributed by atoms with Crippen molar-refractivity contribution in [2.45, 2.75) is 25.7 Å². The first-order valence-electron chi connectivity index (χ1n) is 11.9. The molecular formula is C26H32ClN5O3. The largest absolute Gasteiger partial charge is 0.493 e. The smallest absolute Gasteiger partial charge is 0.228 e. The highest BCUT2D eigenvalue weighted by Gasteiger charge is 2.27. The highest BCUT2D eigenvalue weighted by molar-refractivity contribution is 6.30. The van der Waals surface area contributed by atoms with Crippen molar-refractivity contribution in [1.82, 2.24) is 14.9 Å². The minimum Gasteiger partial charge on any atom is -0.493 e. The first kappa shape index (κ1) is 24.9. The molecule has 0 radical (unpaired) electrons. The highest BCUT2D eigenvalue weighted by Crippen LogP contribution is 2.34. The van der Waals surface area contributed by atoms with Crippen LogP contribution in [0.25, 0.3) is 10.9 Å². The molecule has 0 unspecified atom stereocenters. The molecule has 0 spiro atoms. The van der Waals surface area contributed by atoms with Gasteiger partial charge in [0, 0.05) is 49.1 Å². The van der Waals surface area contributed by atoms with Crippen LogP contribution >= 0.6 is 11.6 Å². The van der Waals surface area contributed by atoms with Crippen LogP contribution < -0.4 is 20.1 Å². The second-order valence-corrected chi connectivity index (χ2v) is 9.23. The van der Waals surface area contributed by atoms with Crippen molar-refractivity contribution in [2.75, 3.05) is 51.0 Å². The van der Waals surface area contributed by atoms with E-state index < -0.39 is 0 Å². The van der Waals surface area contributed by atoms with Crippen LogP contribution in [0.3, 0.4) is 0 Å². The number of carbonyl (C=O) groups is 1. The van der Waals surface area contributed by atoms with E-state index in [-0.39, 0.29) is 5.91 Å². The lowest BCUT2D eigenvalue weighted by Gasteiger charge is -2.36. The monoisotopic (exact) mass is 497 g/mol. The molecule has 1 saturated carbocycles. The number of methoxy groups -OCH3 is 2. The number of hydrogen-bond acceptors (Lipinski definition) is 7. The maximum atomic E-state index is 12.4. The maximum absolute atomic E-state index is 12.4. The fourth-order valence-electron chi connectivity index (χ4n) is 4.25. The Bertz CT molecular complexity index is 1150. The summed E-state index contributed by atoms with van der Waals surface area (Å²) in [5.41, 5.74) is 6.90. The van der Waals surface area contributed by atoms with Gasteiger partial charge >= 0.3 is 0 Å². The van der Waals surface area contributed by atoms with Gasteiger partial charge in [0.05, 0.1) is 19.7 Å². The van der Waals surface area contributed by atoms with Crippen molar-refractivity contribution in [3.8, 4) is 11.5 Å². The predicted molar refractivity (Wildman–Crippen MR) is 139 cm³/mol. The van der Waals surface area contributed by atoms with E-state index >= 15 is 0 Å². The van der Waals surface area contributed by atoms with Crippen LogP contribution in [-0.4, -0.2) is 61.2 Å². The fourth-order valence-corrected chi connectivity index (χ4v) is 4.40. The van der Waals surface area contributed by atoms with Crippen molar-refractivity contribution >= 4 is 40.2 Å². The number of benzene rings is 2. The number of fused-ring (bicyclic) bond motifs is 1. The molecule has 1 aromatic heterocycles. The lowest BCUT2D eigenvalue weighted by Crippen LogP contribution is -2.49. The number of hydrogen-bond donors (Lipinski definition) is 1. The van der Waals surface area contributed by atoms with Crippen molar-refractivity contribution < 1.29 is 14.3 Å². The van der Waals surface area contributed by atoms with Crippen LogP contribution in [0.2, 0.25) is 5.02 Å². The van der Waals surface area contributed by atoms with Crippen LogP contribution in [0.5, 0.6) is 11.5 Å². The van der Waals surface area contributed by atoms with Crippen LogP contribution in [0.15, 0.2) is 42.5 Å². The van der Waals surface area contributed by atoms with Gasteiger partial charge in [-0.25, -0.2) is 4.98 Å². The Morgan fingerprint density at radius 3 is 2.23 bits per heavy atom. The van der Waals surface area contributed by atoms with Crippen molar-refractivity contribution in [2.24, 2.45) is 5.92 Å². The van der Waals surface area contributed by atoms with Gasteiger partial charge in [0.15, 0.2) is 11.5 Å². The average Bonchev–Trinajstić information content (AvgIpc) is 2.86. The van der Waals surface area contributed by atoms with Gasteiger partial charge in [-0.05, 0) is 37.0 Å². The Morgan fingerprint density at radius 2 is 1.69 bits per heavy atom. The molecule has 3 aromatic rings. The molecule has 0 bridgehead atoms. The van der Waals surface area contributed by atoms with Gasteiger partial charge in [0.1, 0.15) is 5.82 Å². The molecule has 186 valence electrons. The summed E-state index contributed by atoms with van der Waals surface area (Å²) < 4.78 is 10.7. The topological polar surface area (TPSA) is 93.8 Å². The molecule has 8 nitrogen and oxygen atoms in total.